The van der Waals surface area contributed by atoms with E-state index in [2.05, 4.69) is 15.0 Å². The van der Waals surface area contributed by atoms with Gasteiger partial charge in [-0.2, -0.15) is 0 Å². The number of fused-ring (bicyclic) bond motifs is 2. The molecule has 5 rings (SSSR count). The fourth-order valence-electron chi connectivity index (χ4n) is 3.38. The summed E-state index contributed by atoms with van der Waals surface area (Å²) in [6.07, 6.45) is 4.50. The number of nitrogens with one attached hydrogen (secondary N) is 1. The van der Waals surface area contributed by atoms with Crippen molar-refractivity contribution in [3.8, 4) is 16.9 Å². The highest BCUT2D eigenvalue weighted by molar-refractivity contribution is 6.33. The molecule has 6 nitrogen and oxygen atoms in total. The summed E-state index contributed by atoms with van der Waals surface area (Å²) >= 11 is 12.4. The Balaban J connectivity index is 1.54. The quantitative estimate of drug-likeness (QED) is 0.404. The number of halogens is 2. The largest absolute Gasteiger partial charge is 0.497 e. The highest BCUT2D eigenvalue weighted by atomic mass is 35.5. The van der Waals surface area contributed by atoms with Gasteiger partial charge in [0.05, 0.1) is 23.3 Å². The van der Waals surface area contributed by atoms with Gasteiger partial charge in [0.2, 0.25) is 0 Å². The lowest BCUT2D eigenvalue weighted by Crippen LogP contribution is -1.91. The molecule has 0 spiro atoms. The van der Waals surface area contributed by atoms with Crippen LogP contribution in [0, 0.1) is 0 Å². The van der Waals surface area contributed by atoms with Crippen LogP contribution in [-0.4, -0.2) is 31.4 Å². The number of aromatic amines is 1. The van der Waals surface area contributed by atoms with Gasteiger partial charge in [-0.05, 0) is 42.5 Å². The number of pyridine rings is 2. The third-order valence-electron chi connectivity index (χ3n) is 4.71. The minimum absolute atomic E-state index is 0.421. The normalized spacial score (nSPS) is 11.4. The maximum Gasteiger partial charge on any atom is 0.179 e. The number of nitrogens with zero attached hydrogens (tertiary/aromatic N) is 4. The maximum absolute atomic E-state index is 6.49. The van der Waals surface area contributed by atoms with Crippen LogP contribution in [0.5, 0.6) is 5.75 Å². The third kappa shape index (κ3) is 3.30. The van der Waals surface area contributed by atoms with Gasteiger partial charge in [-0.25, -0.2) is 15.0 Å². The van der Waals surface area contributed by atoms with Crippen LogP contribution in [0.2, 0.25) is 10.2 Å². The van der Waals surface area contributed by atoms with Crippen LogP contribution in [-0.2, 0) is 6.42 Å². The molecule has 8 heteroatoms. The summed E-state index contributed by atoms with van der Waals surface area (Å²) in [6.45, 7) is 0. The minimum atomic E-state index is 0.421. The van der Waals surface area contributed by atoms with Crippen molar-refractivity contribution in [3.05, 3.63) is 76.6 Å². The molecule has 144 valence electrons. The molecule has 1 N–H and O–H groups in total. The van der Waals surface area contributed by atoms with Crippen LogP contribution in [0.15, 0.2) is 54.9 Å². The molecule has 0 saturated heterocycles. The highest BCUT2D eigenvalue weighted by Gasteiger charge is 2.13. The molecule has 1 aromatic carbocycles. The Morgan fingerprint density at radius 3 is 2.76 bits per heavy atom. The first kappa shape index (κ1) is 18.0. The van der Waals surface area contributed by atoms with Gasteiger partial charge in [-0.15, -0.1) is 0 Å². The van der Waals surface area contributed by atoms with E-state index >= 15 is 0 Å². The Morgan fingerprint density at radius 2 is 1.93 bits per heavy atom. The smallest absolute Gasteiger partial charge is 0.179 e. The number of aromatic nitrogens is 5. The minimum Gasteiger partial charge on any atom is -0.497 e. The average Bonchev–Trinajstić information content (AvgIpc) is 3.30. The molecule has 29 heavy (non-hydrogen) atoms. The molecule has 5 aromatic rings. The van der Waals surface area contributed by atoms with Crippen molar-refractivity contribution in [1.82, 2.24) is 24.3 Å². The predicted molar refractivity (Wildman–Crippen MR) is 114 cm³/mol. The Morgan fingerprint density at radius 1 is 1.03 bits per heavy atom. The zero-order valence-electron chi connectivity index (χ0n) is 15.4. The number of ether oxygens (including phenoxy) is 1. The second-order valence-electron chi connectivity index (χ2n) is 6.60. The monoisotopic (exact) mass is 423 g/mol. The highest BCUT2D eigenvalue weighted by Crippen LogP contribution is 2.33. The summed E-state index contributed by atoms with van der Waals surface area (Å²) in [4.78, 5) is 16.8. The van der Waals surface area contributed by atoms with Gasteiger partial charge in [0.25, 0.3) is 0 Å². The lowest BCUT2D eigenvalue weighted by atomic mass is 10.1. The van der Waals surface area contributed by atoms with E-state index in [0.717, 1.165) is 33.8 Å². The van der Waals surface area contributed by atoms with Gasteiger partial charge >= 0.3 is 0 Å². The predicted octanol–water partition coefficient (Wildman–Crippen LogP) is 5.18. The Labute approximate surface area is 176 Å². The summed E-state index contributed by atoms with van der Waals surface area (Å²) in [5.74, 6) is 1.50. The lowest BCUT2D eigenvalue weighted by Gasteiger charge is -2.08. The van der Waals surface area contributed by atoms with Gasteiger partial charge < -0.3 is 14.1 Å². The van der Waals surface area contributed by atoms with E-state index in [9.17, 15) is 0 Å². The van der Waals surface area contributed by atoms with E-state index < -0.39 is 0 Å². The van der Waals surface area contributed by atoms with E-state index in [1.54, 1.807) is 19.2 Å². The third-order valence-corrected chi connectivity index (χ3v) is 5.23. The molecular formula is C21H15Cl2N5O. The summed E-state index contributed by atoms with van der Waals surface area (Å²) in [5, 5.41) is 1.03. The van der Waals surface area contributed by atoms with Crippen LogP contribution < -0.4 is 4.74 Å². The molecule has 0 aliphatic rings. The fourth-order valence-corrected chi connectivity index (χ4v) is 3.79. The van der Waals surface area contributed by atoms with E-state index in [-0.39, 0.29) is 0 Å². The van der Waals surface area contributed by atoms with Crippen LogP contribution >= 0.6 is 23.2 Å². The number of H-pyrrole nitrogens is 1. The summed E-state index contributed by atoms with van der Waals surface area (Å²) in [6, 6.07) is 13.2. The topological polar surface area (TPSA) is 68.1 Å². The first-order valence-electron chi connectivity index (χ1n) is 8.92. The summed E-state index contributed by atoms with van der Waals surface area (Å²) < 4.78 is 7.24. The van der Waals surface area contributed by atoms with Gasteiger partial charge in [0.15, 0.2) is 5.65 Å². The van der Waals surface area contributed by atoms with Crippen molar-refractivity contribution in [2.45, 2.75) is 6.42 Å². The van der Waals surface area contributed by atoms with Crippen molar-refractivity contribution < 1.29 is 4.74 Å². The van der Waals surface area contributed by atoms with Crippen molar-refractivity contribution >= 4 is 40.0 Å². The van der Waals surface area contributed by atoms with Gasteiger partial charge in [-0.1, -0.05) is 23.2 Å². The number of methoxy groups -OCH3 is 1. The number of hydrogen-bond acceptors (Lipinski definition) is 4. The molecule has 0 radical (unpaired) electrons. The van der Waals surface area contributed by atoms with Gasteiger partial charge in [-0.3, -0.25) is 0 Å². The number of rotatable bonds is 4. The molecule has 4 heterocycles. The van der Waals surface area contributed by atoms with Gasteiger partial charge in [0.1, 0.15) is 22.4 Å². The number of imidazole rings is 2. The summed E-state index contributed by atoms with van der Waals surface area (Å²) in [7, 11) is 1.62. The van der Waals surface area contributed by atoms with Crippen molar-refractivity contribution in [3.63, 3.8) is 0 Å². The second kappa shape index (κ2) is 7.06. The average molecular weight is 424 g/mol. The molecule has 0 bridgehead atoms. The first-order chi connectivity index (χ1) is 14.1. The zero-order valence-corrected chi connectivity index (χ0v) is 16.9. The molecule has 4 aromatic heterocycles. The molecular weight excluding hydrogens is 409 g/mol. The van der Waals surface area contributed by atoms with E-state index in [1.165, 1.54) is 0 Å². The molecule has 0 atom stereocenters. The molecule has 0 aliphatic heterocycles. The first-order valence-corrected chi connectivity index (χ1v) is 9.68. The van der Waals surface area contributed by atoms with E-state index in [0.29, 0.717) is 28.0 Å². The number of hydrogen-bond donors (Lipinski definition) is 1. The molecule has 0 amide bonds. The Bertz CT molecular complexity index is 1360. The van der Waals surface area contributed by atoms with Crippen molar-refractivity contribution in [2.24, 2.45) is 0 Å². The van der Waals surface area contributed by atoms with Crippen LogP contribution in [0.3, 0.4) is 0 Å². The van der Waals surface area contributed by atoms with Crippen LogP contribution in [0.4, 0.5) is 0 Å². The number of benzene rings is 1. The molecule has 0 fully saturated rings. The van der Waals surface area contributed by atoms with Crippen molar-refractivity contribution in [2.75, 3.05) is 7.11 Å². The van der Waals surface area contributed by atoms with E-state index in [4.69, 9.17) is 32.9 Å². The van der Waals surface area contributed by atoms with Gasteiger partial charge in [0, 0.05) is 29.9 Å². The summed E-state index contributed by atoms with van der Waals surface area (Å²) in [5.41, 5.74) is 5.00. The standard InChI is InChI=1S/C21H15Cl2N5O/c1-29-13-4-5-14(16(22)10-13)15-3-2-8-28-11-12(24-21(15)28)9-19-25-17-6-7-18(23)26-20(17)27-19/h2-8,10-11H,9H2,1H3,(H,25,26,27). The SMILES string of the molecule is COc1ccc(-c2cccn3cc(Cc4nc5nc(Cl)ccc5[nH]4)nc23)c(Cl)c1. The lowest BCUT2D eigenvalue weighted by molar-refractivity contribution is 0.415. The molecule has 0 saturated carbocycles. The molecule has 0 aliphatic carbocycles. The van der Waals surface area contributed by atoms with Crippen LogP contribution in [0.1, 0.15) is 11.5 Å². The van der Waals surface area contributed by atoms with Crippen LogP contribution in [0.25, 0.3) is 27.9 Å². The Hall–Kier alpha value is -3.09. The van der Waals surface area contributed by atoms with Crippen molar-refractivity contribution in [1.29, 1.82) is 0 Å². The maximum atomic E-state index is 6.49. The second-order valence-corrected chi connectivity index (χ2v) is 7.39. The Kier molecular flexibility index (Phi) is 4.38. The zero-order chi connectivity index (χ0) is 20.0. The van der Waals surface area contributed by atoms with E-state index in [1.807, 2.05) is 47.1 Å². The molecule has 0 unspecified atom stereocenters. The fraction of sp³-hybridized carbons (Fsp3) is 0.0952.